The van der Waals surface area contributed by atoms with Crippen LogP contribution in [0.2, 0.25) is 0 Å². The summed E-state index contributed by atoms with van der Waals surface area (Å²) in [5, 5.41) is 7.18. The molecule has 14 heavy (non-hydrogen) atoms. The maximum Gasteiger partial charge on any atom is 0.250 e. The zero-order valence-electron chi connectivity index (χ0n) is 8.03. The first kappa shape index (κ1) is 10.2. The Kier molecular flexibility index (Phi) is 3.23. The van der Waals surface area contributed by atoms with E-state index in [0.717, 1.165) is 0 Å². The molecule has 3 N–H and O–H groups in total. The van der Waals surface area contributed by atoms with E-state index in [1.807, 2.05) is 13.0 Å². The lowest BCUT2D eigenvalue weighted by Gasteiger charge is -2.18. The smallest absolute Gasteiger partial charge is 0.250 e. The first-order valence-corrected chi connectivity index (χ1v) is 4.36. The van der Waals surface area contributed by atoms with Crippen LogP contribution in [0.5, 0.6) is 0 Å². The molecular weight excluding hydrogens is 178 g/mol. The summed E-state index contributed by atoms with van der Waals surface area (Å²) in [5.41, 5.74) is 6.34. The van der Waals surface area contributed by atoms with E-state index in [4.69, 9.17) is 11.1 Å². The van der Waals surface area contributed by atoms with Crippen molar-refractivity contribution in [3.05, 3.63) is 29.8 Å². The molecule has 0 saturated carbocycles. The molecule has 0 aliphatic heterocycles. The average molecular weight is 191 g/mol. The van der Waals surface area contributed by atoms with Gasteiger partial charge in [-0.1, -0.05) is 12.1 Å². The van der Waals surface area contributed by atoms with Crippen LogP contribution >= 0.6 is 0 Å². The van der Waals surface area contributed by atoms with Gasteiger partial charge in [-0.3, -0.25) is 10.2 Å². The highest BCUT2D eigenvalue weighted by Crippen LogP contribution is 2.18. The van der Waals surface area contributed by atoms with Gasteiger partial charge < -0.3 is 10.6 Å². The summed E-state index contributed by atoms with van der Waals surface area (Å²) in [7, 11) is 0. The van der Waals surface area contributed by atoms with Crippen LogP contribution in [0.3, 0.4) is 0 Å². The molecule has 1 amide bonds. The van der Waals surface area contributed by atoms with Crippen molar-refractivity contribution in [2.75, 3.05) is 11.4 Å². The molecule has 0 fully saturated rings. The molecule has 0 radical (unpaired) electrons. The van der Waals surface area contributed by atoms with Gasteiger partial charge in [0.1, 0.15) is 0 Å². The first-order valence-electron chi connectivity index (χ1n) is 4.36. The quantitative estimate of drug-likeness (QED) is 0.555. The van der Waals surface area contributed by atoms with Crippen LogP contribution < -0.4 is 10.6 Å². The van der Waals surface area contributed by atoms with Gasteiger partial charge >= 0.3 is 0 Å². The zero-order valence-corrected chi connectivity index (χ0v) is 8.03. The van der Waals surface area contributed by atoms with E-state index in [9.17, 15) is 4.79 Å². The fourth-order valence-electron chi connectivity index (χ4n) is 1.26. The molecule has 4 heteroatoms. The fraction of sp³-hybridized carbons (Fsp3) is 0.200. The number of carbonyl (C=O) groups excluding carboxylic acids is 1. The molecule has 0 spiro atoms. The molecule has 0 heterocycles. The number of carbonyl (C=O) groups is 1. The molecule has 74 valence electrons. The zero-order chi connectivity index (χ0) is 10.6. The van der Waals surface area contributed by atoms with Crippen molar-refractivity contribution in [2.45, 2.75) is 6.92 Å². The van der Waals surface area contributed by atoms with E-state index in [1.165, 1.54) is 6.34 Å². The largest absolute Gasteiger partial charge is 0.366 e. The van der Waals surface area contributed by atoms with Gasteiger partial charge in [0.15, 0.2) is 0 Å². The second-order valence-electron chi connectivity index (χ2n) is 2.80. The van der Waals surface area contributed by atoms with E-state index in [0.29, 0.717) is 17.8 Å². The van der Waals surface area contributed by atoms with Gasteiger partial charge in [0.05, 0.1) is 17.6 Å². The lowest BCUT2D eigenvalue weighted by Crippen LogP contribution is -2.24. The average Bonchev–Trinajstić information content (AvgIpc) is 2.20. The van der Waals surface area contributed by atoms with Crippen LogP contribution in [0.15, 0.2) is 24.3 Å². The molecule has 0 aromatic heterocycles. The monoisotopic (exact) mass is 191 g/mol. The minimum atomic E-state index is -0.471. The molecule has 4 nitrogen and oxygen atoms in total. The molecule has 1 aromatic rings. The number of rotatable bonds is 4. The van der Waals surface area contributed by atoms with Crippen LogP contribution in [0.1, 0.15) is 17.3 Å². The normalized spacial score (nSPS) is 9.50. The van der Waals surface area contributed by atoms with Crippen molar-refractivity contribution in [1.82, 2.24) is 0 Å². The van der Waals surface area contributed by atoms with Gasteiger partial charge in [-0.05, 0) is 19.1 Å². The lowest BCUT2D eigenvalue weighted by atomic mass is 10.1. The number of hydrogen-bond acceptors (Lipinski definition) is 2. The Balaban J connectivity index is 3.18. The minimum Gasteiger partial charge on any atom is -0.366 e. The molecule has 0 aliphatic rings. The van der Waals surface area contributed by atoms with Gasteiger partial charge in [0.25, 0.3) is 5.91 Å². The van der Waals surface area contributed by atoms with Crippen LogP contribution in [-0.4, -0.2) is 18.8 Å². The Hall–Kier alpha value is -1.84. The fourth-order valence-corrected chi connectivity index (χ4v) is 1.26. The molecule has 0 unspecified atom stereocenters. The summed E-state index contributed by atoms with van der Waals surface area (Å²) < 4.78 is 0. The third kappa shape index (κ3) is 1.90. The Morgan fingerprint density at radius 3 is 2.71 bits per heavy atom. The van der Waals surface area contributed by atoms with E-state index in [2.05, 4.69) is 0 Å². The predicted molar refractivity (Wildman–Crippen MR) is 56.8 cm³/mol. The Bertz CT molecular complexity index is 349. The highest BCUT2D eigenvalue weighted by atomic mass is 16.1. The van der Waals surface area contributed by atoms with Crippen molar-refractivity contribution >= 4 is 17.9 Å². The van der Waals surface area contributed by atoms with Crippen molar-refractivity contribution < 1.29 is 4.79 Å². The molecule has 0 saturated heterocycles. The van der Waals surface area contributed by atoms with E-state index in [1.54, 1.807) is 23.1 Å². The number of benzene rings is 1. The number of nitrogens with zero attached hydrogens (tertiary/aromatic N) is 1. The van der Waals surface area contributed by atoms with Crippen LogP contribution in [0.25, 0.3) is 0 Å². The molecule has 1 rings (SSSR count). The number of anilines is 1. The van der Waals surface area contributed by atoms with Crippen LogP contribution in [0, 0.1) is 5.41 Å². The summed E-state index contributed by atoms with van der Waals surface area (Å²) in [6.07, 6.45) is 1.18. The number of primary amides is 1. The number of amides is 1. The second kappa shape index (κ2) is 4.41. The molecule has 0 bridgehead atoms. The highest BCUT2D eigenvalue weighted by Gasteiger charge is 2.10. The maximum absolute atomic E-state index is 11.1. The third-order valence-electron chi connectivity index (χ3n) is 1.98. The summed E-state index contributed by atoms with van der Waals surface area (Å²) in [5.74, 6) is -0.471. The standard InChI is InChI=1S/C10H13N3O/c1-2-13(7-11)9-6-4-3-5-8(9)10(12)14/h3-7,11H,2H2,1H3,(H2,12,14). The number of para-hydroxylation sites is 1. The molecular formula is C10H13N3O. The Morgan fingerprint density at radius 2 is 2.21 bits per heavy atom. The van der Waals surface area contributed by atoms with E-state index < -0.39 is 5.91 Å². The van der Waals surface area contributed by atoms with Crippen molar-refractivity contribution in [2.24, 2.45) is 5.73 Å². The number of nitrogens with two attached hydrogens (primary N) is 1. The van der Waals surface area contributed by atoms with Crippen LogP contribution in [0.4, 0.5) is 5.69 Å². The van der Waals surface area contributed by atoms with Gasteiger partial charge in [-0.2, -0.15) is 0 Å². The SMILES string of the molecule is CCN(C=N)c1ccccc1C(N)=O. The number of hydrogen-bond donors (Lipinski definition) is 2. The van der Waals surface area contributed by atoms with Crippen molar-refractivity contribution in [3.8, 4) is 0 Å². The number of nitrogens with one attached hydrogen (secondary N) is 1. The molecule has 0 atom stereocenters. The topological polar surface area (TPSA) is 70.2 Å². The third-order valence-corrected chi connectivity index (χ3v) is 1.98. The Morgan fingerprint density at radius 1 is 1.57 bits per heavy atom. The van der Waals surface area contributed by atoms with Crippen molar-refractivity contribution in [1.29, 1.82) is 5.41 Å². The van der Waals surface area contributed by atoms with E-state index in [-0.39, 0.29) is 0 Å². The summed E-state index contributed by atoms with van der Waals surface area (Å²) in [6, 6.07) is 6.99. The van der Waals surface area contributed by atoms with Gasteiger partial charge in [0.2, 0.25) is 0 Å². The summed E-state index contributed by atoms with van der Waals surface area (Å²) in [4.78, 5) is 12.7. The van der Waals surface area contributed by atoms with Gasteiger partial charge in [-0.25, -0.2) is 0 Å². The predicted octanol–water partition coefficient (Wildman–Crippen LogP) is 1.22. The second-order valence-corrected chi connectivity index (χ2v) is 2.80. The highest BCUT2D eigenvalue weighted by molar-refractivity contribution is 6.00. The minimum absolute atomic E-state index is 0.442. The maximum atomic E-state index is 11.1. The molecule has 0 aliphatic carbocycles. The van der Waals surface area contributed by atoms with Crippen LogP contribution in [-0.2, 0) is 0 Å². The Labute approximate surface area is 82.8 Å². The summed E-state index contributed by atoms with van der Waals surface area (Å²) in [6.45, 7) is 2.54. The first-order chi connectivity index (χ1) is 6.70. The van der Waals surface area contributed by atoms with Gasteiger partial charge in [-0.15, -0.1) is 0 Å². The van der Waals surface area contributed by atoms with Gasteiger partial charge in [0, 0.05) is 6.54 Å². The van der Waals surface area contributed by atoms with Crippen molar-refractivity contribution in [3.63, 3.8) is 0 Å². The van der Waals surface area contributed by atoms with E-state index >= 15 is 0 Å². The lowest BCUT2D eigenvalue weighted by molar-refractivity contribution is 0.100. The molecule has 1 aromatic carbocycles. The summed E-state index contributed by atoms with van der Waals surface area (Å²) >= 11 is 0.